The van der Waals surface area contributed by atoms with Crippen LogP contribution in [0.4, 0.5) is 5.69 Å². The van der Waals surface area contributed by atoms with Crippen molar-refractivity contribution in [3.8, 4) is 23.0 Å². The standard InChI is InChI=1S/C24H19NS/c1-17-4-8-21(18(2)14-17)9-5-20-6-10-22(11-7-20)23-12-13-24(25-16-26)19(3)15-23/h4,6-8,10-15H,1-3H3. The van der Waals surface area contributed by atoms with Crippen molar-refractivity contribution in [1.29, 1.82) is 0 Å². The van der Waals surface area contributed by atoms with Crippen LogP contribution < -0.4 is 0 Å². The lowest BCUT2D eigenvalue weighted by molar-refractivity contribution is 1.36. The fourth-order valence-corrected chi connectivity index (χ4v) is 2.95. The van der Waals surface area contributed by atoms with E-state index in [9.17, 15) is 0 Å². The van der Waals surface area contributed by atoms with Crippen LogP contribution in [0.15, 0.2) is 65.7 Å². The first-order chi connectivity index (χ1) is 12.6. The van der Waals surface area contributed by atoms with Gasteiger partial charge in [0.2, 0.25) is 0 Å². The van der Waals surface area contributed by atoms with E-state index in [-0.39, 0.29) is 0 Å². The zero-order chi connectivity index (χ0) is 18.5. The Labute approximate surface area is 160 Å². The molecular formula is C24H19NS. The molecule has 0 saturated heterocycles. The van der Waals surface area contributed by atoms with Gasteiger partial charge in [0.1, 0.15) is 0 Å². The molecule has 3 aromatic rings. The van der Waals surface area contributed by atoms with Crippen LogP contribution in [0, 0.1) is 32.6 Å². The molecule has 0 saturated carbocycles. The second-order valence-corrected chi connectivity index (χ2v) is 6.53. The predicted molar refractivity (Wildman–Crippen MR) is 113 cm³/mol. The first-order valence-electron chi connectivity index (χ1n) is 8.45. The van der Waals surface area contributed by atoms with Crippen LogP contribution in [0.5, 0.6) is 0 Å². The van der Waals surface area contributed by atoms with Crippen molar-refractivity contribution in [1.82, 2.24) is 0 Å². The van der Waals surface area contributed by atoms with Crippen molar-refractivity contribution in [2.24, 2.45) is 4.99 Å². The molecule has 3 aromatic carbocycles. The molecule has 0 amide bonds. The predicted octanol–water partition coefficient (Wildman–Crippen LogP) is 6.41. The summed E-state index contributed by atoms with van der Waals surface area (Å²) in [5, 5.41) is 2.42. The highest BCUT2D eigenvalue weighted by atomic mass is 32.1. The molecule has 0 bridgehead atoms. The smallest absolute Gasteiger partial charge is 0.0769 e. The average molecular weight is 353 g/mol. The maximum absolute atomic E-state index is 4.68. The number of hydrogen-bond donors (Lipinski definition) is 0. The van der Waals surface area contributed by atoms with Gasteiger partial charge in [-0.15, -0.1) is 0 Å². The quantitative estimate of drug-likeness (QED) is 0.294. The zero-order valence-corrected chi connectivity index (χ0v) is 15.9. The van der Waals surface area contributed by atoms with Gasteiger partial charge in [0.05, 0.1) is 10.8 Å². The Kier molecular flexibility index (Phi) is 5.44. The summed E-state index contributed by atoms with van der Waals surface area (Å²) in [6.07, 6.45) is 0. The van der Waals surface area contributed by atoms with Crippen LogP contribution in [0.1, 0.15) is 27.8 Å². The molecule has 0 aliphatic heterocycles. The van der Waals surface area contributed by atoms with Crippen LogP contribution in [-0.2, 0) is 0 Å². The van der Waals surface area contributed by atoms with Crippen molar-refractivity contribution >= 4 is 23.1 Å². The Bertz CT molecular complexity index is 1060. The third-order valence-electron chi connectivity index (χ3n) is 4.30. The van der Waals surface area contributed by atoms with Crippen LogP contribution in [-0.4, -0.2) is 5.16 Å². The van der Waals surface area contributed by atoms with Gasteiger partial charge in [0, 0.05) is 11.1 Å². The molecule has 0 aromatic heterocycles. The summed E-state index contributed by atoms with van der Waals surface area (Å²) in [6, 6.07) is 20.8. The Morgan fingerprint density at radius 3 is 2.12 bits per heavy atom. The molecule has 126 valence electrons. The van der Waals surface area contributed by atoms with Crippen LogP contribution in [0.2, 0.25) is 0 Å². The SMILES string of the molecule is Cc1ccc(C#Cc2ccc(-c3ccc(N=C=S)c(C)c3)cc2)c(C)c1. The molecule has 0 radical (unpaired) electrons. The number of hydrogen-bond acceptors (Lipinski definition) is 2. The molecule has 0 fully saturated rings. The normalized spacial score (nSPS) is 9.81. The van der Waals surface area contributed by atoms with E-state index in [0.717, 1.165) is 33.5 Å². The maximum atomic E-state index is 4.68. The summed E-state index contributed by atoms with van der Waals surface area (Å²) < 4.78 is 0. The summed E-state index contributed by atoms with van der Waals surface area (Å²) in [7, 11) is 0. The van der Waals surface area contributed by atoms with Crippen LogP contribution in [0.3, 0.4) is 0 Å². The number of thiocarbonyl (C=S) groups is 1. The van der Waals surface area contributed by atoms with Crippen molar-refractivity contribution < 1.29 is 0 Å². The van der Waals surface area contributed by atoms with Crippen molar-refractivity contribution in [3.63, 3.8) is 0 Å². The Morgan fingerprint density at radius 2 is 1.46 bits per heavy atom. The molecule has 0 unspecified atom stereocenters. The number of nitrogens with zero attached hydrogens (tertiary/aromatic N) is 1. The second kappa shape index (κ2) is 7.93. The first kappa shape index (κ1) is 17.8. The monoisotopic (exact) mass is 353 g/mol. The lowest BCUT2D eigenvalue weighted by Gasteiger charge is -2.05. The van der Waals surface area contributed by atoms with E-state index in [1.807, 2.05) is 13.0 Å². The first-order valence-corrected chi connectivity index (χ1v) is 8.86. The van der Waals surface area contributed by atoms with E-state index in [4.69, 9.17) is 0 Å². The molecule has 2 heteroatoms. The number of isothiocyanates is 1. The van der Waals surface area contributed by atoms with E-state index in [1.165, 1.54) is 11.1 Å². The minimum Gasteiger partial charge on any atom is -0.194 e. The topological polar surface area (TPSA) is 12.4 Å². The highest BCUT2D eigenvalue weighted by molar-refractivity contribution is 7.78. The minimum atomic E-state index is 0.861. The van der Waals surface area contributed by atoms with Gasteiger partial charge >= 0.3 is 0 Å². The fourth-order valence-electron chi connectivity index (χ4n) is 2.85. The molecule has 1 nitrogen and oxygen atoms in total. The molecule has 0 atom stereocenters. The number of aliphatic imine (C=N–C) groups is 1. The van der Waals surface area contributed by atoms with Crippen molar-refractivity contribution in [3.05, 3.63) is 88.5 Å². The van der Waals surface area contributed by atoms with Gasteiger partial charge in [-0.2, -0.15) is 4.99 Å². The Hall–Kier alpha value is -2.98. The molecule has 0 heterocycles. The summed E-state index contributed by atoms with van der Waals surface area (Å²) in [5.41, 5.74) is 8.80. The lowest BCUT2D eigenvalue weighted by Crippen LogP contribution is -1.84. The van der Waals surface area contributed by atoms with E-state index in [1.54, 1.807) is 0 Å². The summed E-state index contributed by atoms with van der Waals surface area (Å²) >= 11 is 4.68. The van der Waals surface area contributed by atoms with E-state index < -0.39 is 0 Å². The summed E-state index contributed by atoms with van der Waals surface area (Å²) in [6.45, 7) is 6.22. The Morgan fingerprint density at radius 1 is 0.731 bits per heavy atom. The number of aryl methyl sites for hydroxylation is 3. The molecule has 0 N–H and O–H groups in total. The molecule has 3 rings (SSSR count). The molecule has 26 heavy (non-hydrogen) atoms. The lowest BCUT2D eigenvalue weighted by atomic mass is 10.0. The number of benzene rings is 3. The third-order valence-corrected chi connectivity index (χ3v) is 4.40. The summed E-state index contributed by atoms with van der Waals surface area (Å²) in [4.78, 5) is 4.07. The van der Waals surface area contributed by atoms with Gasteiger partial charge in [0.25, 0.3) is 0 Å². The molecule has 0 aliphatic rings. The summed E-state index contributed by atoms with van der Waals surface area (Å²) in [5.74, 6) is 6.52. The zero-order valence-electron chi connectivity index (χ0n) is 15.1. The van der Waals surface area contributed by atoms with Gasteiger partial charge in [-0.1, -0.05) is 47.7 Å². The van der Waals surface area contributed by atoms with E-state index in [2.05, 4.69) is 103 Å². The molecule has 0 spiro atoms. The van der Waals surface area contributed by atoms with Gasteiger partial charge in [0.15, 0.2) is 0 Å². The van der Waals surface area contributed by atoms with Gasteiger partial charge in [-0.25, -0.2) is 0 Å². The third kappa shape index (κ3) is 4.16. The van der Waals surface area contributed by atoms with E-state index >= 15 is 0 Å². The molecular weight excluding hydrogens is 334 g/mol. The maximum Gasteiger partial charge on any atom is 0.0769 e. The number of rotatable bonds is 2. The minimum absolute atomic E-state index is 0.861. The average Bonchev–Trinajstić information content (AvgIpc) is 2.63. The molecule has 0 aliphatic carbocycles. The fraction of sp³-hybridized carbons (Fsp3) is 0.125. The Balaban J connectivity index is 1.84. The van der Waals surface area contributed by atoms with Gasteiger partial charge in [-0.3, -0.25) is 0 Å². The van der Waals surface area contributed by atoms with Crippen molar-refractivity contribution in [2.75, 3.05) is 0 Å². The largest absolute Gasteiger partial charge is 0.194 e. The van der Waals surface area contributed by atoms with Crippen LogP contribution in [0.25, 0.3) is 11.1 Å². The van der Waals surface area contributed by atoms with Crippen molar-refractivity contribution in [2.45, 2.75) is 20.8 Å². The van der Waals surface area contributed by atoms with E-state index in [0.29, 0.717) is 0 Å². The highest BCUT2D eigenvalue weighted by Gasteiger charge is 2.02. The van der Waals surface area contributed by atoms with Crippen LogP contribution >= 0.6 is 12.2 Å². The highest BCUT2D eigenvalue weighted by Crippen LogP contribution is 2.26. The van der Waals surface area contributed by atoms with Gasteiger partial charge in [-0.05, 0) is 85.6 Å². The van der Waals surface area contributed by atoms with Gasteiger partial charge < -0.3 is 0 Å². The second-order valence-electron chi connectivity index (χ2n) is 6.35.